The Morgan fingerprint density at radius 3 is 2.45 bits per heavy atom. The zero-order valence-electron chi connectivity index (χ0n) is 26.1. The molecular weight excluding hydrogens is 641 g/mol. The van der Waals surface area contributed by atoms with Crippen molar-refractivity contribution in [3.8, 4) is 23.7 Å². The topological polar surface area (TPSA) is 134 Å². The highest BCUT2D eigenvalue weighted by Gasteiger charge is 2.45. The van der Waals surface area contributed by atoms with Gasteiger partial charge in [0.1, 0.15) is 17.5 Å². The molecule has 2 aromatic carbocycles. The summed E-state index contributed by atoms with van der Waals surface area (Å²) in [4.78, 5) is 66.2. The van der Waals surface area contributed by atoms with Crippen LogP contribution in [0.4, 0.5) is 24.5 Å². The van der Waals surface area contributed by atoms with Crippen LogP contribution >= 0.6 is 0 Å². The van der Waals surface area contributed by atoms with Crippen LogP contribution < -0.4 is 15.5 Å². The van der Waals surface area contributed by atoms with E-state index in [0.29, 0.717) is 18.7 Å². The molecule has 1 atom stereocenters. The Bertz CT molecular complexity index is 2100. The van der Waals surface area contributed by atoms with Crippen molar-refractivity contribution in [3.63, 3.8) is 0 Å². The third-order valence-electron chi connectivity index (χ3n) is 9.03. The minimum absolute atomic E-state index is 0.00653. The molecule has 2 fully saturated rings. The molecular formula is C35H27F3N6O5. The first-order valence-electron chi connectivity index (χ1n) is 15.4. The largest absolute Gasteiger partial charge is 0.416 e. The molecule has 2 N–H and O–H groups in total. The van der Waals surface area contributed by atoms with Crippen molar-refractivity contribution in [1.82, 2.24) is 20.0 Å². The number of carbonyl (C=O) groups excluding carboxylic acids is 5. The molecule has 0 spiro atoms. The van der Waals surface area contributed by atoms with Crippen molar-refractivity contribution in [2.24, 2.45) is 5.92 Å². The molecule has 5 amide bonds. The second-order valence-corrected chi connectivity index (χ2v) is 12.8. The van der Waals surface area contributed by atoms with Crippen molar-refractivity contribution in [1.29, 1.82) is 0 Å². The zero-order chi connectivity index (χ0) is 34.8. The number of benzene rings is 2. The predicted octanol–water partition coefficient (Wildman–Crippen LogP) is 3.27. The number of alkyl halides is 3. The standard InChI is InChI=1S/C35H27F3N6O5/c1-34(2,33(49)40-27-10-7-22(35(36,37)38)13-25(27)21-5-6-21)43-18-19(15-39-43)3-4-20-16-42(17-20)23-8-9-24-26(14-23)32(48)44(31(24)47)28-11-12-29(45)41-30(28)46/h7-10,13-15,18,20-21,28H,11-12,16-17H2,1-2H3,(H,40,49)(H,41,45,46). The van der Waals surface area contributed by atoms with E-state index in [4.69, 9.17) is 0 Å². The van der Waals surface area contributed by atoms with Crippen LogP contribution in [0.15, 0.2) is 48.8 Å². The van der Waals surface area contributed by atoms with Crippen LogP contribution in [0, 0.1) is 29.6 Å². The Labute approximate surface area is 277 Å². The van der Waals surface area contributed by atoms with E-state index in [-0.39, 0.29) is 41.1 Å². The van der Waals surface area contributed by atoms with Gasteiger partial charge in [0.05, 0.1) is 34.4 Å². The Morgan fingerprint density at radius 2 is 1.76 bits per heavy atom. The van der Waals surface area contributed by atoms with Crippen molar-refractivity contribution in [2.75, 3.05) is 23.3 Å². The Balaban J connectivity index is 0.976. The van der Waals surface area contributed by atoms with Crippen LogP contribution in [0.2, 0.25) is 0 Å². The van der Waals surface area contributed by atoms with Gasteiger partial charge in [0.15, 0.2) is 0 Å². The number of nitrogens with one attached hydrogen (secondary N) is 2. The van der Waals surface area contributed by atoms with Gasteiger partial charge in [0, 0.05) is 42.6 Å². The summed E-state index contributed by atoms with van der Waals surface area (Å²) in [6, 6.07) is 7.05. The second-order valence-electron chi connectivity index (χ2n) is 12.8. The lowest BCUT2D eigenvalue weighted by Crippen LogP contribution is -2.54. The van der Waals surface area contributed by atoms with Gasteiger partial charge in [0.2, 0.25) is 11.8 Å². The average Bonchev–Trinajstić information content (AvgIpc) is 3.70. The summed E-state index contributed by atoms with van der Waals surface area (Å²) < 4.78 is 41.2. The second kappa shape index (κ2) is 11.4. The minimum Gasteiger partial charge on any atom is -0.369 e. The van der Waals surface area contributed by atoms with Gasteiger partial charge in [-0.3, -0.25) is 38.9 Å². The van der Waals surface area contributed by atoms with Crippen molar-refractivity contribution in [3.05, 3.63) is 76.6 Å². The number of halogens is 3. The number of fused-ring (bicyclic) bond motifs is 1. The van der Waals surface area contributed by atoms with Gasteiger partial charge in [-0.15, -0.1) is 0 Å². The average molecular weight is 669 g/mol. The summed E-state index contributed by atoms with van der Waals surface area (Å²) in [6.07, 6.45) is -1.25. The monoisotopic (exact) mass is 668 g/mol. The molecule has 1 unspecified atom stereocenters. The van der Waals surface area contributed by atoms with E-state index >= 15 is 0 Å². The molecule has 0 radical (unpaired) electrons. The van der Waals surface area contributed by atoms with Crippen LogP contribution in [0.3, 0.4) is 0 Å². The normalized spacial score (nSPS) is 19.0. The maximum Gasteiger partial charge on any atom is 0.416 e. The molecule has 7 rings (SSSR count). The quantitative estimate of drug-likeness (QED) is 0.304. The Morgan fingerprint density at radius 1 is 1.02 bits per heavy atom. The Hall–Kier alpha value is -5.89. The van der Waals surface area contributed by atoms with Crippen LogP contribution in [0.5, 0.6) is 0 Å². The van der Waals surface area contributed by atoms with Gasteiger partial charge in [-0.25, -0.2) is 0 Å². The molecule has 14 heteroatoms. The van der Waals surface area contributed by atoms with Crippen LogP contribution in [-0.2, 0) is 26.1 Å². The van der Waals surface area contributed by atoms with Gasteiger partial charge in [0.25, 0.3) is 17.7 Å². The van der Waals surface area contributed by atoms with Gasteiger partial charge >= 0.3 is 6.18 Å². The molecule has 0 bridgehead atoms. The molecule has 3 aromatic rings. The highest BCUT2D eigenvalue weighted by molar-refractivity contribution is 6.23. The number of aromatic nitrogens is 2. The number of imide groups is 2. The van der Waals surface area contributed by atoms with E-state index < -0.39 is 58.8 Å². The molecule has 4 aliphatic rings. The smallest absolute Gasteiger partial charge is 0.369 e. The van der Waals surface area contributed by atoms with Gasteiger partial charge < -0.3 is 10.2 Å². The molecule has 3 aliphatic heterocycles. The van der Waals surface area contributed by atoms with E-state index in [1.165, 1.54) is 16.9 Å². The molecule has 0 saturated carbocycles. The third kappa shape index (κ3) is 5.80. The van der Waals surface area contributed by atoms with Crippen LogP contribution in [-0.4, -0.2) is 63.3 Å². The molecule has 1 aliphatic carbocycles. The number of piperidine rings is 1. The molecule has 4 heterocycles. The van der Waals surface area contributed by atoms with Crippen molar-refractivity contribution in [2.45, 2.75) is 50.4 Å². The summed E-state index contributed by atoms with van der Waals surface area (Å²) in [7, 11) is 0. The molecule has 11 nitrogen and oxygen atoms in total. The van der Waals surface area contributed by atoms with Gasteiger partial charge in [-0.1, -0.05) is 23.7 Å². The summed E-state index contributed by atoms with van der Waals surface area (Å²) in [5.74, 6) is 8.50. The Kier molecular flexibility index (Phi) is 7.36. The lowest BCUT2D eigenvalue weighted by atomic mass is 9.98. The van der Waals surface area contributed by atoms with Crippen LogP contribution in [0.25, 0.3) is 0 Å². The first-order valence-corrected chi connectivity index (χ1v) is 15.4. The van der Waals surface area contributed by atoms with E-state index in [9.17, 15) is 37.1 Å². The fourth-order valence-electron chi connectivity index (χ4n) is 5.98. The van der Waals surface area contributed by atoms with Crippen molar-refractivity contribution >= 4 is 40.9 Å². The van der Waals surface area contributed by atoms with E-state index in [2.05, 4.69) is 39.4 Å². The van der Waals surface area contributed by atoms with E-state index in [1.807, 2.05) is 4.90 Å². The summed E-state index contributed by atoms with van der Waals surface area (Å²) >= 11 is 0. The number of nitrogens with zero attached hydrogens (tertiary/aromatic N) is 4. The third-order valence-corrected chi connectivity index (χ3v) is 9.03. The maximum absolute atomic E-state index is 13.3. The highest BCUT2D eigenvalue weighted by Crippen LogP contribution is 2.37. The lowest BCUT2D eigenvalue weighted by Gasteiger charge is -2.38. The minimum atomic E-state index is -4.52. The number of hydrogen-bond acceptors (Lipinski definition) is 7. The SMILES string of the molecule is CC(C)(C(=O)Nc1ccc(C(F)(F)F)cc1C1C#C1)n1cc(C#CC2CN(c3ccc4c(c3)C(=O)N(C3CCC(=O)NC3=O)C4=O)C2)cn1. The number of hydrogen-bond donors (Lipinski definition) is 2. The number of amides is 5. The summed E-state index contributed by atoms with van der Waals surface area (Å²) in [5.41, 5.74) is 0.173. The predicted molar refractivity (Wildman–Crippen MR) is 168 cm³/mol. The summed E-state index contributed by atoms with van der Waals surface area (Å²) in [6.45, 7) is 4.39. The molecule has 248 valence electrons. The maximum atomic E-state index is 13.3. The van der Waals surface area contributed by atoms with E-state index in [1.54, 1.807) is 38.2 Å². The lowest BCUT2D eigenvalue weighted by molar-refractivity contribution is -0.138. The first-order chi connectivity index (χ1) is 23.2. The zero-order valence-corrected chi connectivity index (χ0v) is 26.1. The van der Waals surface area contributed by atoms with E-state index in [0.717, 1.165) is 22.7 Å². The fourth-order valence-corrected chi connectivity index (χ4v) is 5.98. The first kappa shape index (κ1) is 31.7. The van der Waals surface area contributed by atoms with Crippen molar-refractivity contribution < 1.29 is 37.1 Å². The number of anilines is 2. The van der Waals surface area contributed by atoms with Gasteiger partial charge in [-0.05, 0) is 56.7 Å². The highest BCUT2D eigenvalue weighted by atomic mass is 19.4. The molecule has 1 aromatic heterocycles. The van der Waals surface area contributed by atoms with Crippen LogP contribution in [0.1, 0.15) is 70.0 Å². The summed E-state index contributed by atoms with van der Waals surface area (Å²) in [5, 5.41) is 9.22. The molecule has 2 saturated heterocycles. The number of carbonyl (C=O) groups is 5. The molecule has 49 heavy (non-hydrogen) atoms. The van der Waals surface area contributed by atoms with Gasteiger partial charge in [-0.2, -0.15) is 18.3 Å². The fraction of sp³-hybridized carbons (Fsp3) is 0.314. The number of rotatable bonds is 6.